The van der Waals surface area contributed by atoms with Crippen LogP contribution in [-0.2, 0) is 13.0 Å². The van der Waals surface area contributed by atoms with Gasteiger partial charge in [-0.2, -0.15) is 0 Å². The van der Waals surface area contributed by atoms with Gasteiger partial charge in [0.05, 0.1) is 5.69 Å². The lowest BCUT2D eigenvalue weighted by atomic mass is 9.98. The normalized spacial score (nSPS) is 23.6. The van der Waals surface area contributed by atoms with E-state index in [0.29, 0.717) is 18.7 Å². The Balaban J connectivity index is 1.32. The van der Waals surface area contributed by atoms with Crippen LogP contribution in [0.1, 0.15) is 48.5 Å². The van der Waals surface area contributed by atoms with Gasteiger partial charge in [0.15, 0.2) is 0 Å². The van der Waals surface area contributed by atoms with Gasteiger partial charge in [0.1, 0.15) is 12.4 Å². The van der Waals surface area contributed by atoms with Gasteiger partial charge in [0.2, 0.25) is 5.95 Å². The molecule has 2 atom stereocenters. The summed E-state index contributed by atoms with van der Waals surface area (Å²) < 4.78 is 5.60. The summed E-state index contributed by atoms with van der Waals surface area (Å²) in [6.45, 7) is 7.42. The number of anilines is 1. The van der Waals surface area contributed by atoms with Crippen molar-refractivity contribution in [3.8, 4) is 5.75 Å². The first-order valence-corrected chi connectivity index (χ1v) is 10.5. The van der Waals surface area contributed by atoms with E-state index in [0.717, 1.165) is 37.8 Å². The molecule has 2 bridgehead atoms. The van der Waals surface area contributed by atoms with E-state index in [9.17, 15) is 0 Å². The van der Waals surface area contributed by atoms with Crippen LogP contribution >= 0.6 is 0 Å². The van der Waals surface area contributed by atoms with E-state index in [1.165, 1.54) is 42.5 Å². The van der Waals surface area contributed by atoms with Crippen LogP contribution in [0, 0.1) is 0 Å². The van der Waals surface area contributed by atoms with Crippen molar-refractivity contribution in [2.75, 3.05) is 24.6 Å². The van der Waals surface area contributed by atoms with Gasteiger partial charge in [-0.15, -0.1) is 0 Å². The van der Waals surface area contributed by atoms with Gasteiger partial charge >= 0.3 is 0 Å². The molecule has 0 radical (unpaired) electrons. The van der Waals surface area contributed by atoms with Gasteiger partial charge in [-0.3, -0.25) is 4.90 Å². The number of hydrogen-bond acceptors (Lipinski definition) is 5. The lowest BCUT2D eigenvalue weighted by Gasteiger charge is -2.36. The standard InChI is InChI=1S/C23H28N4O/c1-2-13-28-19-8-5-17(6-9-19)16-27-18-7-10-22(27)20-15-24-23(25-21(20)14-18)26-11-3-4-12-26/h2,5-6,8-9,15,18,22H,1,3-4,7,10-14,16H2/t18-,22+/m0/s1. The molecule has 5 nitrogen and oxygen atoms in total. The van der Waals surface area contributed by atoms with Gasteiger partial charge in [-0.05, 0) is 43.4 Å². The molecule has 5 heteroatoms. The lowest BCUT2D eigenvalue weighted by Crippen LogP contribution is -2.38. The van der Waals surface area contributed by atoms with Crippen molar-refractivity contribution in [3.05, 3.63) is 59.9 Å². The predicted molar refractivity (Wildman–Crippen MR) is 111 cm³/mol. The van der Waals surface area contributed by atoms with Crippen molar-refractivity contribution >= 4 is 5.95 Å². The summed E-state index contributed by atoms with van der Waals surface area (Å²) >= 11 is 0. The Morgan fingerprint density at radius 1 is 1.14 bits per heavy atom. The summed E-state index contributed by atoms with van der Waals surface area (Å²) in [7, 11) is 0. The fourth-order valence-electron chi connectivity index (χ4n) is 4.94. The van der Waals surface area contributed by atoms with Gasteiger partial charge in [-0.25, -0.2) is 9.97 Å². The zero-order valence-corrected chi connectivity index (χ0v) is 16.4. The molecule has 0 amide bonds. The third-order valence-electron chi connectivity index (χ3n) is 6.36. The van der Waals surface area contributed by atoms with Crippen LogP contribution < -0.4 is 9.64 Å². The maximum Gasteiger partial charge on any atom is 0.225 e. The second-order valence-electron chi connectivity index (χ2n) is 8.13. The van der Waals surface area contributed by atoms with Gasteiger partial charge in [-0.1, -0.05) is 24.8 Å². The highest BCUT2D eigenvalue weighted by Crippen LogP contribution is 2.44. The first-order chi connectivity index (χ1) is 13.8. The van der Waals surface area contributed by atoms with Crippen LogP contribution in [0.15, 0.2) is 43.1 Å². The third kappa shape index (κ3) is 3.28. The zero-order valence-electron chi connectivity index (χ0n) is 16.4. The van der Waals surface area contributed by atoms with Gasteiger partial charge in [0, 0.05) is 49.9 Å². The largest absolute Gasteiger partial charge is 0.490 e. The Kier molecular flexibility index (Phi) is 4.77. The number of rotatable bonds is 6. The smallest absolute Gasteiger partial charge is 0.225 e. The molecule has 28 heavy (non-hydrogen) atoms. The average molecular weight is 377 g/mol. The third-order valence-corrected chi connectivity index (χ3v) is 6.36. The molecule has 0 N–H and O–H groups in total. The van der Waals surface area contributed by atoms with E-state index in [1.807, 2.05) is 0 Å². The van der Waals surface area contributed by atoms with E-state index in [-0.39, 0.29) is 0 Å². The summed E-state index contributed by atoms with van der Waals surface area (Å²) in [4.78, 5) is 14.7. The average Bonchev–Trinajstić information content (AvgIpc) is 3.35. The lowest BCUT2D eigenvalue weighted by molar-refractivity contribution is 0.166. The highest BCUT2D eigenvalue weighted by Gasteiger charge is 2.40. The molecule has 2 aromatic rings. The highest BCUT2D eigenvalue weighted by molar-refractivity contribution is 5.38. The van der Waals surface area contributed by atoms with Gasteiger partial charge < -0.3 is 9.64 Å². The molecule has 146 valence electrons. The maximum atomic E-state index is 5.60. The van der Waals surface area contributed by atoms with E-state index in [1.54, 1.807) is 6.08 Å². The molecular formula is C23H28N4O. The molecule has 2 fully saturated rings. The fourth-order valence-corrected chi connectivity index (χ4v) is 4.94. The molecule has 1 aromatic carbocycles. The van der Waals surface area contributed by atoms with Crippen molar-refractivity contribution in [2.24, 2.45) is 0 Å². The number of nitrogens with zero attached hydrogens (tertiary/aromatic N) is 4. The monoisotopic (exact) mass is 376 g/mol. The molecule has 0 aliphatic carbocycles. The Morgan fingerprint density at radius 3 is 2.75 bits per heavy atom. The minimum absolute atomic E-state index is 0.457. The Morgan fingerprint density at radius 2 is 1.96 bits per heavy atom. The fraction of sp³-hybridized carbons (Fsp3) is 0.478. The quantitative estimate of drug-likeness (QED) is 0.715. The van der Waals surface area contributed by atoms with E-state index in [2.05, 4.69) is 46.8 Å². The highest BCUT2D eigenvalue weighted by atomic mass is 16.5. The SMILES string of the molecule is C=CCOc1ccc(CN2[C@H]3CC[C@@H]2c2cnc(N4CCCC4)nc2C3)cc1. The van der Waals surface area contributed by atoms with Crippen LogP contribution in [0.4, 0.5) is 5.95 Å². The topological polar surface area (TPSA) is 41.5 Å². The molecule has 5 rings (SSSR count). The Bertz CT molecular complexity index is 844. The number of benzene rings is 1. The van der Waals surface area contributed by atoms with Crippen LogP contribution in [0.3, 0.4) is 0 Å². The molecule has 4 heterocycles. The molecule has 0 saturated carbocycles. The number of ether oxygens (including phenoxy) is 1. The van der Waals surface area contributed by atoms with E-state index < -0.39 is 0 Å². The first kappa shape index (κ1) is 17.7. The van der Waals surface area contributed by atoms with Crippen LogP contribution in [-0.4, -0.2) is 40.6 Å². The van der Waals surface area contributed by atoms with E-state index in [4.69, 9.17) is 14.7 Å². The van der Waals surface area contributed by atoms with Crippen molar-refractivity contribution in [1.29, 1.82) is 0 Å². The van der Waals surface area contributed by atoms with Crippen LogP contribution in [0.5, 0.6) is 5.75 Å². The number of fused-ring (bicyclic) bond motifs is 4. The summed E-state index contributed by atoms with van der Waals surface area (Å²) in [5, 5.41) is 0. The maximum absolute atomic E-state index is 5.60. The van der Waals surface area contributed by atoms with Crippen LogP contribution in [0.25, 0.3) is 0 Å². The van der Waals surface area contributed by atoms with E-state index >= 15 is 0 Å². The molecule has 3 aliphatic heterocycles. The van der Waals surface area contributed by atoms with Crippen molar-refractivity contribution < 1.29 is 4.74 Å². The summed E-state index contributed by atoms with van der Waals surface area (Å²) in [5.41, 5.74) is 3.97. The molecule has 0 unspecified atom stereocenters. The minimum Gasteiger partial charge on any atom is -0.490 e. The second-order valence-corrected chi connectivity index (χ2v) is 8.13. The molecule has 0 spiro atoms. The summed E-state index contributed by atoms with van der Waals surface area (Å²) in [5.74, 6) is 1.85. The predicted octanol–water partition coefficient (Wildman–Crippen LogP) is 3.90. The van der Waals surface area contributed by atoms with Crippen molar-refractivity contribution in [1.82, 2.24) is 14.9 Å². The molecule has 1 aromatic heterocycles. The number of hydrogen-bond donors (Lipinski definition) is 0. The molecular weight excluding hydrogens is 348 g/mol. The second kappa shape index (κ2) is 7.55. The summed E-state index contributed by atoms with van der Waals surface area (Å²) in [6.07, 6.45) is 9.92. The minimum atomic E-state index is 0.457. The molecule has 3 aliphatic rings. The Hall–Kier alpha value is -2.40. The summed E-state index contributed by atoms with van der Waals surface area (Å²) in [6, 6.07) is 9.53. The van der Waals surface area contributed by atoms with Crippen molar-refractivity contribution in [3.63, 3.8) is 0 Å². The van der Waals surface area contributed by atoms with Crippen molar-refractivity contribution in [2.45, 2.75) is 50.7 Å². The van der Waals surface area contributed by atoms with Crippen LogP contribution in [0.2, 0.25) is 0 Å². The molecule has 2 saturated heterocycles. The Labute approximate surface area is 167 Å². The number of aromatic nitrogens is 2. The zero-order chi connectivity index (χ0) is 18.9. The van der Waals surface area contributed by atoms with Gasteiger partial charge in [0.25, 0.3) is 0 Å². The first-order valence-electron chi connectivity index (χ1n) is 10.5.